The molecule has 0 N–H and O–H groups in total. The average Bonchev–Trinajstić information content (AvgIpc) is 0.722. The third kappa shape index (κ3) is 853. The molecule has 0 aliphatic rings. The van der Waals surface area contributed by atoms with Crippen molar-refractivity contribution < 1.29 is 14.4 Å². The summed E-state index contributed by atoms with van der Waals surface area (Å²) in [6.45, 7) is 0.632. The van der Waals surface area contributed by atoms with Crippen molar-refractivity contribution in [2.24, 2.45) is 0 Å². The molecule has 0 spiro atoms. The lowest BCUT2D eigenvalue weighted by Crippen LogP contribution is -2.10. The topological polar surface area (TPSA) is 63.2 Å². The van der Waals surface area contributed by atoms with Gasteiger partial charge in [0.1, 0.15) is 0 Å². The maximum Gasteiger partial charge on any atom is -0.0369 e. The molecular formula is CH3O3P-2. The first-order chi connectivity index (χ1) is 2.00. The fourth-order valence-corrected chi connectivity index (χ4v) is 0. The van der Waals surface area contributed by atoms with Crippen molar-refractivity contribution in [3.05, 3.63) is 0 Å². The molecule has 4 heteroatoms. The molecule has 0 aromatic carbocycles. The van der Waals surface area contributed by atoms with E-state index in [1.54, 1.807) is 0 Å². The largest absolute Gasteiger partial charge is 0.811 e. The fourth-order valence-electron chi connectivity index (χ4n) is 0. The van der Waals surface area contributed by atoms with Gasteiger partial charge in [-0.3, -0.25) is 0 Å². The summed E-state index contributed by atoms with van der Waals surface area (Å²) in [5.41, 5.74) is 0. The Morgan fingerprint density at radius 1 is 1.60 bits per heavy atom. The van der Waals surface area contributed by atoms with Gasteiger partial charge in [-0.1, -0.05) is 7.60 Å². The van der Waals surface area contributed by atoms with Gasteiger partial charge in [0.05, 0.1) is 0 Å². The van der Waals surface area contributed by atoms with Crippen LogP contribution in [0.5, 0.6) is 0 Å². The summed E-state index contributed by atoms with van der Waals surface area (Å²) in [6.07, 6.45) is 0. The van der Waals surface area contributed by atoms with Crippen LogP contribution in [-0.4, -0.2) is 6.66 Å². The molecule has 32 valence electrons. The molecule has 0 radical (unpaired) electrons. The molecule has 5 heavy (non-hydrogen) atoms. The second-order valence-corrected chi connectivity index (χ2v) is 2.31. The van der Waals surface area contributed by atoms with Crippen LogP contribution in [-0.2, 0) is 4.57 Å². The van der Waals surface area contributed by atoms with Gasteiger partial charge < -0.3 is 14.4 Å². The van der Waals surface area contributed by atoms with Crippen LogP contribution in [0, 0.1) is 0 Å². The van der Waals surface area contributed by atoms with E-state index in [0.29, 0.717) is 6.66 Å². The van der Waals surface area contributed by atoms with Crippen LogP contribution in [0.4, 0.5) is 0 Å². The van der Waals surface area contributed by atoms with E-state index < -0.39 is 7.60 Å². The molecule has 0 rings (SSSR count). The maximum absolute atomic E-state index is 9.10. The van der Waals surface area contributed by atoms with Crippen molar-refractivity contribution in [2.45, 2.75) is 0 Å². The van der Waals surface area contributed by atoms with Gasteiger partial charge in [-0.15, -0.1) is 0 Å². The van der Waals surface area contributed by atoms with Gasteiger partial charge in [0.2, 0.25) is 0 Å². The fraction of sp³-hybridized carbons (Fsp3) is 1.00. The third-order valence-electron chi connectivity index (χ3n) is 0. The van der Waals surface area contributed by atoms with Gasteiger partial charge in [-0.2, -0.15) is 0 Å². The SMILES string of the molecule is CP(=O)([O-])[O-]. The molecule has 0 atom stereocenters. The second kappa shape index (κ2) is 1.09. The predicted octanol–water partition coefficient (Wildman–Crippen LogP) is -1.47. The Morgan fingerprint density at radius 3 is 1.60 bits per heavy atom. The number of hydrogen-bond donors (Lipinski definition) is 0. The Labute approximate surface area is 29.8 Å². The van der Waals surface area contributed by atoms with Crippen molar-refractivity contribution in [1.82, 2.24) is 0 Å². The highest BCUT2D eigenvalue weighted by atomic mass is 31.2. The van der Waals surface area contributed by atoms with Gasteiger partial charge in [-0.25, -0.2) is 0 Å². The summed E-state index contributed by atoms with van der Waals surface area (Å²) in [5, 5.41) is 0. The summed E-state index contributed by atoms with van der Waals surface area (Å²) >= 11 is 0. The molecule has 0 aliphatic heterocycles. The highest BCUT2D eigenvalue weighted by molar-refractivity contribution is 7.47. The Kier molecular flexibility index (Phi) is 1.12. The highest BCUT2D eigenvalue weighted by Crippen LogP contribution is 2.12. The minimum absolute atomic E-state index is 0.632. The molecule has 0 fully saturated rings. The first-order valence-electron chi connectivity index (χ1n) is 0.995. The summed E-state index contributed by atoms with van der Waals surface area (Å²) in [5.74, 6) is 0. The van der Waals surface area contributed by atoms with Crippen LogP contribution in [0.1, 0.15) is 0 Å². The van der Waals surface area contributed by atoms with E-state index in [1.165, 1.54) is 0 Å². The summed E-state index contributed by atoms with van der Waals surface area (Å²) in [6, 6.07) is 0. The molecule has 0 aromatic rings. The Balaban J connectivity index is 3.47. The Bertz CT molecular complexity index is 53.0. The van der Waals surface area contributed by atoms with E-state index in [0.717, 1.165) is 0 Å². The van der Waals surface area contributed by atoms with Gasteiger partial charge in [0.15, 0.2) is 0 Å². The van der Waals surface area contributed by atoms with Crippen molar-refractivity contribution in [3.8, 4) is 0 Å². The van der Waals surface area contributed by atoms with Crippen molar-refractivity contribution in [1.29, 1.82) is 0 Å². The second-order valence-electron chi connectivity index (χ2n) is 0.771. The van der Waals surface area contributed by atoms with Gasteiger partial charge in [0.25, 0.3) is 0 Å². The van der Waals surface area contributed by atoms with Gasteiger partial charge in [0, 0.05) is 0 Å². The van der Waals surface area contributed by atoms with Crippen LogP contribution in [0.15, 0.2) is 0 Å². The Morgan fingerprint density at radius 2 is 1.60 bits per heavy atom. The summed E-state index contributed by atoms with van der Waals surface area (Å²) in [7, 11) is -4.14. The summed E-state index contributed by atoms with van der Waals surface area (Å²) < 4.78 is 9.10. The normalized spacial score (nSPS) is 11.8. The monoisotopic (exact) mass is 94.0 g/mol. The first kappa shape index (κ1) is 5.15. The molecule has 3 nitrogen and oxygen atoms in total. The zero-order valence-corrected chi connectivity index (χ0v) is 3.57. The third-order valence-corrected chi connectivity index (χ3v) is 0. The van der Waals surface area contributed by atoms with Crippen LogP contribution < -0.4 is 9.79 Å². The quantitative estimate of drug-likeness (QED) is 0.344. The molecule has 0 saturated heterocycles. The summed E-state index contributed by atoms with van der Waals surface area (Å²) in [4.78, 5) is 18.2. The lowest BCUT2D eigenvalue weighted by molar-refractivity contribution is -0.311. The molecule has 0 amide bonds. The van der Waals surface area contributed by atoms with E-state index in [2.05, 4.69) is 0 Å². The van der Waals surface area contributed by atoms with Gasteiger partial charge in [-0.05, 0) is 6.66 Å². The van der Waals surface area contributed by atoms with E-state index >= 15 is 0 Å². The van der Waals surface area contributed by atoms with E-state index in [-0.39, 0.29) is 0 Å². The Hall–Kier alpha value is 0.150. The van der Waals surface area contributed by atoms with E-state index in [4.69, 9.17) is 14.4 Å². The minimum atomic E-state index is -4.14. The molecule has 0 bridgehead atoms. The van der Waals surface area contributed by atoms with Crippen LogP contribution in [0.3, 0.4) is 0 Å². The number of hydrogen-bond acceptors (Lipinski definition) is 3. The van der Waals surface area contributed by atoms with Crippen molar-refractivity contribution >= 4 is 7.60 Å². The standard InChI is InChI=1S/CH5O3P/c1-5(2,3)4/h1H3,(H2,2,3,4)/p-2. The van der Waals surface area contributed by atoms with Crippen LogP contribution in [0.2, 0.25) is 0 Å². The smallest absolute Gasteiger partial charge is 0.0369 e. The predicted molar refractivity (Wildman–Crippen MR) is 13.5 cm³/mol. The van der Waals surface area contributed by atoms with E-state index in [1.807, 2.05) is 0 Å². The highest BCUT2D eigenvalue weighted by Gasteiger charge is 1.62. The zero-order valence-electron chi connectivity index (χ0n) is 2.67. The molecule has 0 saturated carbocycles. The minimum Gasteiger partial charge on any atom is -0.811 e. The van der Waals surface area contributed by atoms with E-state index in [9.17, 15) is 0 Å². The zero-order chi connectivity index (χ0) is 4.50. The number of rotatable bonds is 0. The first-order valence-corrected chi connectivity index (χ1v) is 2.98. The average molecular weight is 94.0 g/mol. The molecule has 0 aliphatic carbocycles. The van der Waals surface area contributed by atoms with Crippen LogP contribution in [0.25, 0.3) is 0 Å². The molecular weight excluding hydrogens is 91.0 g/mol. The maximum atomic E-state index is 9.10. The molecule has 0 aromatic heterocycles. The van der Waals surface area contributed by atoms with Crippen LogP contribution >= 0.6 is 7.60 Å². The van der Waals surface area contributed by atoms with Crippen molar-refractivity contribution in [2.75, 3.05) is 6.66 Å². The lowest BCUT2D eigenvalue weighted by Gasteiger charge is -2.22. The van der Waals surface area contributed by atoms with Crippen molar-refractivity contribution in [3.63, 3.8) is 0 Å². The molecule has 0 heterocycles. The van der Waals surface area contributed by atoms with Gasteiger partial charge >= 0.3 is 0 Å². The molecule has 0 unspecified atom stereocenters. The lowest BCUT2D eigenvalue weighted by atomic mass is 12.0.